The third kappa shape index (κ3) is 5.96. The van der Waals surface area contributed by atoms with Gasteiger partial charge in [0.1, 0.15) is 5.92 Å². The fourth-order valence-corrected chi connectivity index (χ4v) is 4.16. The number of hydrogen-bond donors (Lipinski definition) is 1. The van der Waals surface area contributed by atoms with Crippen LogP contribution in [0.4, 0.5) is 18.9 Å². The molecule has 1 unspecified atom stereocenters. The van der Waals surface area contributed by atoms with Crippen molar-refractivity contribution in [1.29, 1.82) is 0 Å². The zero-order valence-electron chi connectivity index (χ0n) is 18.5. The molecule has 2 aromatic carbocycles. The highest BCUT2D eigenvalue weighted by Crippen LogP contribution is 2.32. The molecule has 8 heteroatoms. The molecule has 1 heterocycles. The molecule has 0 aromatic heterocycles. The molecule has 0 radical (unpaired) electrons. The third-order valence-corrected chi connectivity index (χ3v) is 5.95. The van der Waals surface area contributed by atoms with Crippen LogP contribution < -0.4 is 10.2 Å². The second-order valence-corrected chi connectivity index (χ2v) is 8.45. The van der Waals surface area contributed by atoms with Gasteiger partial charge < -0.3 is 10.2 Å². The molecule has 3 rings (SSSR count). The third-order valence-electron chi connectivity index (χ3n) is 5.72. The number of anilines is 1. The van der Waals surface area contributed by atoms with E-state index in [0.29, 0.717) is 30.1 Å². The van der Waals surface area contributed by atoms with Crippen LogP contribution in [0.2, 0.25) is 5.02 Å². The van der Waals surface area contributed by atoms with Crippen molar-refractivity contribution in [2.24, 2.45) is 5.92 Å². The summed E-state index contributed by atoms with van der Waals surface area (Å²) in [7, 11) is 0. The lowest BCUT2D eigenvalue weighted by Gasteiger charge is -2.18. The lowest BCUT2D eigenvalue weighted by atomic mass is 9.97. The van der Waals surface area contributed by atoms with Gasteiger partial charge in [0, 0.05) is 23.8 Å². The molecule has 2 amide bonds. The quantitative estimate of drug-likeness (QED) is 0.495. The van der Waals surface area contributed by atoms with Crippen molar-refractivity contribution in [1.82, 2.24) is 5.32 Å². The Morgan fingerprint density at radius 2 is 1.91 bits per heavy atom. The largest absolute Gasteiger partial charge is 0.416 e. The molecule has 1 atom stereocenters. The molecule has 1 aliphatic heterocycles. The van der Waals surface area contributed by atoms with Crippen LogP contribution in [0.25, 0.3) is 5.57 Å². The summed E-state index contributed by atoms with van der Waals surface area (Å²) in [6.45, 7) is 4.68. The number of amides is 2. The molecular weight excluding hydrogens is 453 g/mol. The average Bonchev–Trinajstić information content (AvgIpc) is 3.15. The van der Waals surface area contributed by atoms with Crippen molar-refractivity contribution >= 4 is 34.7 Å². The van der Waals surface area contributed by atoms with Crippen LogP contribution in [0.5, 0.6) is 0 Å². The lowest BCUT2D eigenvalue weighted by Crippen LogP contribution is -2.37. The first kappa shape index (κ1) is 24.8. The molecular formula is C25H26ClF3N2O2. The number of rotatable bonds is 7. The molecule has 0 spiro atoms. The monoisotopic (exact) mass is 478 g/mol. The Labute approximate surface area is 196 Å². The zero-order chi connectivity index (χ0) is 24.2. The topological polar surface area (TPSA) is 49.4 Å². The van der Waals surface area contributed by atoms with E-state index in [0.717, 1.165) is 35.3 Å². The molecule has 2 aromatic rings. The SMILES string of the molecule is CC/C=C(/CCNC(=O)C1CCN(c2ccc(C(F)(F)F)cc2)C1=O)c1cc(Cl)ccc1C. The van der Waals surface area contributed by atoms with Gasteiger partial charge in [-0.2, -0.15) is 13.2 Å². The molecule has 33 heavy (non-hydrogen) atoms. The van der Waals surface area contributed by atoms with Crippen LogP contribution >= 0.6 is 11.6 Å². The number of aryl methyl sites for hydroxylation is 1. The summed E-state index contributed by atoms with van der Waals surface area (Å²) in [6.07, 6.45) is -0.609. The summed E-state index contributed by atoms with van der Waals surface area (Å²) in [4.78, 5) is 26.8. The predicted octanol–water partition coefficient (Wildman–Crippen LogP) is 6.02. The average molecular weight is 479 g/mol. The van der Waals surface area contributed by atoms with Gasteiger partial charge in [0.2, 0.25) is 11.8 Å². The minimum Gasteiger partial charge on any atom is -0.355 e. The minimum absolute atomic E-state index is 0.283. The number of carbonyl (C=O) groups excluding carboxylic acids is 2. The standard InChI is InChI=1S/C25H26ClF3N2O2/c1-3-4-17(22-15-19(26)8-5-16(22)2)11-13-30-23(32)21-12-14-31(24(21)33)20-9-6-18(7-10-20)25(27,28)29/h4-10,15,21H,3,11-14H2,1-2H3,(H,30,32)/b17-4-. The number of nitrogens with one attached hydrogen (secondary N) is 1. The molecule has 0 saturated carbocycles. The van der Waals surface area contributed by atoms with Gasteiger partial charge in [0.15, 0.2) is 0 Å². The van der Waals surface area contributed by atoms with Crippen LogP contribution in [0.3, 0.4) is 0 Å². The maximum atomic E-state index is 12.8. The Morgan fingerprint density at radius 1 is 1.21 bits per heavy atom. The first-order valence-electron chi connectivity index (χ1n) is 10.8. The number of allylic oxidation sites excluding steroid dienone is 1. The van der Waals surface area contributed by atoms with E-state index in [1.165, 1.54) is 17.0 Å². The smallest absolute Gasteiger partial charge is 0.355 e. The minimum atomic E-state index is -4.44. The van der Waals surface area contributed by atoms with Crippen molar-refractivity contribution in [2.75, 3.05) is 18.0 Å². The summed E-state index contributed by atoms with van der Waals surface area (Å²) in [6, 6.07) is 10.1. The van der Waals surface area contributed by atoms with E-state index in [2.05, 4.69) is 11.4 Å². The van der Waals surface area contributed by atoms with E-state index in [-0.39, 0.29) is 12.5 Å². The molecule has 4 nitrogen and oxygen atoms in total. The van der Waals surface area contributed by atoms with Crippen molar-refractivity contribution in [3.05, 3.63) is 70.3 Å². The van der Waals surface area contributed by atoms with Crippen molar-refractivity contribution in [3.63, 3.8) is 0 Å². The molecule has 176 valence electrons. The van der Waals surface area contributed by atoms with Gasteiger partial charge in [-0.15, -0.1) is 0 Å². The number of carbonyl (C=O) groups is 2. The summed E-state index contributed by atoms with van der Waals surface area (Å²) in [5, 5.41) is 3.48. The molecule has 1 saturated heterocycles. The number of benzene rings is 2. The number of alkyl halides is 3. The van der Waals surface area contributed by atoms with Crippen LogP contribution in [-0.2, 0) is 15.8 Å². The summed E-state index contributed by atoms with van der Waals surface area (Å²) < 4.78 is 38.3. The highest BCUT2D eigenvalue weighted by atomic mass is 35.5. The molecule has 1 fully saturated rings. The highest BCUT2D eigenvalue weighted by Gasteiger charge is 2.38. The normalized spacial score (nSPS) is 16.9. The Hall–Kier alpha value is -2.80. The van der Waals surface area contributed by atoms with E-state index in [1.54, 1.807) is 0 Å². The Kier molecular flexibility index (Phi) is 7.84. The Balaban J connectivity index is 1.60. The van der Waals surface area contributed by atoms with Gasteiger partial charge in [-0.05, 0) is 79.3 Å². The van der Waals surface area contributed by atoms with Crippen LogP contribution in [0, 0.1) is 12.8 Å². The van der Waals surface area contributed by atoms with Gasteiger partial charge in [-0.25, -0.2) is 0 Å². The summed E-state index contributed by atoms with van der Waals surface area (Å²) in [5.41, 5.74) is 2.76. The number of hydrogen-bond acceptors (Lipinski definition) is 2. The predicted molar refractivity (Wildman–Crippen MR) is 124 cm³/mol. The fraction of sp³-hybridized carbons (Fsp3) is 0.360. The molecule has 0 bridgehead atoms. The molecule has 0 aliphatic carbocycles. The van der Waals surface area contributed by atoms with Gasteiger partial charge >= 0.3 is 6.18 Å². The van der Waals surface area contributed by atoms with Crippen LogP contribution in [-0.4, -0.2) is 24.9 Å². The van der Waals surface area contributed by atoms with Crippen molar-refractivity contribution in [3.8, 4) is 0 Å². The summed E-state index contributed by atoms with van der Waals surface area (Å²) in [5.74, 6) is -1.62. The number of halogens is 4. The maximum Gasteiger partial charge on any atom is 0.416 e. The van der Waals surface area contributed by atoms with E-state index in [9.17, 15) is 22.8 Å². The number of nitrogens with zero attached hydrogens (tertiary/aromatic N) is 1. The van der Waals surface area contributed by atoms with Crippen LogP contribution in [0.1, 0.15) is 42.9 Å². The first-order chi connectivity index (χ1) is 15.6. The van der Waals surface area contributed by atoms with Gasteiger partial charge in [-0.1, -0.05) is 30.7 Å². The Bertz CT molecular complexity index is 1050. The molecule has 1 aliphatic rings. The van der Waals surface area contributed by atoms with Gasteiger partial charge in [-0.3, -0.25) is 9.59 Å². The van der Waals surface area contributed by atoms with Gasteiger partial charge in [0.05, 0.1) is 5.56 Å². The maximum absolute atomic E-state index is 12.8. The van der Waals surface area contributed by atoms with Crippen LogP contribution in [0.15, 0.2) is 48.5 Å². The van der Waals surface area contributed by atoms with E-state index < -0.39 is 23.6 Å². The lowest BCUT2D eigenvalue weighted by molar-refractivity contribution is -0.137. The van der Waals surface area contributed by atoms with Gasteiger partial charge in [0.25, 0.3) is 0 Å². The van der Waals surface area contributed by atoms with E-state index in [4.69, 9.17) is 11.6 Å². The first-order valence-corrected chi connectivity index (χ1v) is 11.2. The fourth-order valence-electron chi connectivity index (χ4n) is 3.99. The van der Waals surface area contributed by atoms with E-state index in [1.807, 2.05) is 32.0 Å². The second-order valence-electron chi connectivity index (χ2n) is 8.01. The Morgan fingerprint density at radius 3 is 2.55 bits per heavy atom. The molecule has 1 N–H and O–H groups in total. The van der Waals surface area contributed by atoms with Crippen molar-refractivity contribution in [2.45, 2.75) is 39.3 Å². The second kappa shape index (κ2) is 10.4. The van der Waals surface area contributed by atoms with E-state index >= 15 is 0 Å². The van der Waals surface area contributed by atoms with Crippen molar-refractivity contribution < 1.29 is 22.8 Å². The highest BCUT2D eigenvalue weighted by molar-refractivity contribution is 6.30. The zero-order valence-corrected chi connectivity index (χ0v) is 19.3. The summed E-state index contributed by atoms with van der Waals surface area (Å²) >= 11 is 6.15.